The molecule has 0 radical (unpaired) electrons. The lowest BCUT2D eigenvalue weighted by Crippen LogP contribution is -2.59. The number of aromatic carboxylic acids is 1. The number of carboxylic acids is 2. The molecule has 6 aromatic rings. The van der Waals surface area contributed by atoms with Gasteiger partial charge in [0.15, 0.2) is 11.0 Å². The number of phenolic OH excluding ortho intramolecular Hbond substituents is 1. The number of anilines is 3. The molecule has 1 fully saturated rings. The molecule has 103 heavy (non-hydrogen) atoms. The number of carbonyl (C=O) groups excluding carboxylic acids is 9. The third-order valence-corrected chi connectivity index (χ3v) is 18.1. The average molecular weight is 1420 g/mol. The highest BCUT2D eigenvalue weighted by Crippen LogP contribution is 2.57. The van der Waals surface area contributed by atoms with Crippen molar-refractivity contribution >= 4 is 105 Å². The number of fused-ring (bicyclic) bond motifs is 8. The van der Waals surface area contributed by atoms with Crippen molar-refractivity contribution < 1.29 is 82.0 Å². The van der Waals surface area contributed by atoms with Crippen LogP contribution < -0.4 is 57.2 Å². The summed E-state index contributed by atoms with van der Waals surface area (Å²) in [4.78, 5) is 165. The van der Waals surface area contributed by atoms with E-state index in [-0.39, 0.29) is 92.7 Å². The predicted octanol–water partition coefficient (Wildman–Crippen LogP) is 6.45. The van der Waals surface area contributed by atoms with Crippen LogP contribution in [-0.4, -0.2) is 164 Å². The van der Waals surface area contributed by atoms with E-state index in [0.29, 0.717) is 51.1 Å². The van der Waals surface area contributed by atoms with Gasteiger partial charge in [-0.15, -0.1) is 0 Å². The van der Waals surface area contributed by atoms with Crippen molar-refractivity contribution in [3.05, 3.63) is 187 Å². The fourth-order valence-corrected chi connectivity index (χ4v) is 12.9. The molecule has 0 unspecified atom stereocenters. The SMILES string of the molecule is CN(C)c1ccc2c(c1)Oc1cc(N(C)C)ccc1C21OC(=O)c2cc(C(=O)NCC(=O)Nc3ccc(C(=O)N[C@H](C(=O)N4CCC[C@H]4C(=O)N[C@@H](CC(=O)O)C(=O)NCC(=O)NCCNC(=O)c4ccc(-c5c6ccc(=O)cc-6oc6cc(O)ccc56)c(C(=O)O)c4)C(C)(C)C)cc3Cl)ccc21. The van der Waals surface area contributed by atoms with Crippen LogP contribution in [-0.2, 0) is 39.1 Å². The van der Waals surface area contributed by atoms with Gasteiger partial charge in [0.2, 0.25) is 29.5 Å². The standard InChI is InChI=1S/C74H71ClN10O18/c1-73(2,3)64(82-67(94)39-12-23-53(52(75)29-39)80-61(89)36-78-66(93)38-11-20-49-48(28-38)72(100)103-74(49)50-21-13-40(83(4)5)30-58(50)102-59-31-41(84(6)7)14-22-51(59)74)70(97)85-26-8-9-55(85)69(96)81-54(34-62(90)91)68(95)79-35-60(88)76-24-25-77-65(92)37-10-17-44(47(27-37)71(98)99)63-45-18-15-42(86)32-56(45)101-57-33-43(87)16-19-46(57)63/h10-23,27-33,54-55,64,86H,8-9,24-26,34-36H2,1-7H3,(H,76,88)(H,77,92)(H,78,93)(H,79,95)(H,80,89)(H,81,96)(H,82,94)(H,90,91)(H,98,99)/t54-,55-,64+/m0/s1. The Morgan fingerprint density at radius 3 is 1.93 bits per heavy atom. The first-order valence-corrected chi connectivity index (χ1v) is 32.9. The van der Waals surface area contributed by atoms with Gasteiger partial charge in [-0.25, -0.2) is 9.59 Å². The molecule has 1 aliphatic carbocycles. The van der Waals surface area contributed by atoms with Crippen LogP contribution in [0.5, 0.6) is 17.2 Å². The molecule has 1 saturated heterocycles. The van der Waals surface area contributed by atoms with E-state index in [1.165, 1.54) is 83.8 Å². The molecule has 0 aromatic heterocycles. The van der Waals surface area contributed by atoms with E-state index in [9.17, 15) is 72.9 Å². The zero-order valence-electron chi connectivity index (χ0n) is 56.7. The Morgan fingerprint density at radius 1 is 0.650 bits per heavy atom. The number of rotatable bonds is 22. The van der Waals surface area contributed by atoms with E-state index < -0.39 is 114 Å². The number of amides is 8. The lowest BCUT2D eigenvalue weighted by molar-refractivity contribution is -0.144. The number of hydrogen-bond donors (Lipinski definition) is 10. The number of nitrogens with zero attached hydrogens (tertiary/aromatic N) is 3. The number of carbonyl (C=O) groups is 11. The predicted molar refractivity (Wildman–Crippen MR) is 377 cm³/mol. The molecule has 3 atom stereocenters. The van der Waals surface area contributed by atoms with Crippen LogP contribution in [0.2, 0.25) is 5.02 Å². The number of aliphatic carboxylic acids is 1. The summed E-state index contributed by atoms with van der Waals surface area (Å²) in [6.07, 6.45) is -0.502. The fraction of sp³-hybridized carbons (Fsp3) is 0.270. The topological polar surface area (TPSA) is 391 Å². The van der Waals surface area contributed by atoms with E-state index >= 15 is 0 Å². The Labute approximate surface area is 593 Å². The van der Waals surface area contributed by atoms with Crippen LogP contribution in [0.1, 0.15) is 109 Å². The molecule has 4 aliphatic heterocycles. The van der Waals surface area contributed by atoms with Crippen LogP contribution in [0, 0.1) is 5.41 Å². The minimum Gasteiger partial charge on any atom is -0.508 e. The van der Waals surface area contributed by atoms with Crippen LogP contribution in [0.15, 0.2) is 137 Å². The normalized spacial score (nSPS) is 14.5. The average Bonchev–Trinajstić information content (AvgIpc) is 1.57. The summed E-state index contributed by atoms with van der Waals surface area (Å²) < 4.78 is 18.7. The summed E-state index contributed by atoms with van der Waals surface area (Å²) in [5.41, 5.74) is 1.67. The Hall–Kier alpha value is -12.3. The number of halogens is 1. The lowest BCUT2D eigenvalue weighted by Gasteiger charge is -2.37. The van der Waals surface area contributed by atoms with Crippen LogP contribution in [0.25, 0.3) is 33.4 Å². The van der Waals surface area contributed by atoms with E-state index in [1.54, 1.807) is 26.8 Å². The smallest absolute Gasteiger partial charge is 0.340 e. The first kappa shape index (κ1) is 71.9. The van der Waals surface area contributed by atoms with E-state index in [0.717, 1.165) is 17.4 Å². The number of hydrogen-bond acceptors (Lipinski definition) is 18. The lowest BCUT2D eigenvalue weighted by atomic mass is 9.77. The van der Waals surface area contributed by atoms with Gasteiger partial charge in [0, 0.05) is 133 Å². The molecule has 5 aliphatic rings. The highest BCUT2D eigenvalue weighted by Gasteiger charge is 2.54. The Bertz CT molecular complexity index is 4830. The molecule has 10 N–H and O–H groups in total. The third-order valence-electron chi connectivity index (χ3n) is 17.8. The number of likely N-dealkylation sites (tertiary alicyclic amines) is 1. The summed E-state index contributed by atoms with van der Waals surface area (Å²) in [7, 11) is 7.58. The molecule has 0 bridgehead atoms. The highest BCUT2D eigenvalue weighted by molar-refractivity contribution is 6.34. The zero-order chi connectivity index (χ0) is 74.1. The second kappa shape index (κ2) is 29.1. The molecule has 11 rings (SSSR count). The van der Waals surface area contributed by atoms with Gasteiger partial charge in [-0.1, -0.05) is 44.5 Å². The van der Waals surface area contributed by atoms with Crippen molar-refractivity contribution in [3.63, 3.8) is 0 Å². The Kier molecular flexibility index (Phi) is 20.3. The largest absolute Gasteiger partial charge is 0.508 e. The van der Waals surface area contributed by atoms with Gasteiger partial charge < -0.3 is 81.1 Å². The van der Waals surface area contributed by atoms with Gasteiger partial charge in [0.1, 0.15) is 46.7 Å². The molecule has 28 nitrogen and oxygen atoms in total. The summed E-state index contributed by atoms with van der Waals surface area (Å²) in [6, 6.07) is 27.8. The number of benzene rings is 7. The highest BCUT2D eigenvalue weighted by atomic mass is 35.5. The van der Waals surface area contributed by atoms with Crippen molar-refractivity contribution in [3.8, 4) is 39.7 Å². The van der Waals surface area contributed by atoms with Crippen molar-refractivity contribution in [1.82, 2.24) is 36.8 Å². The van der Waals surface area contributed by atoms with Gasteiger partial charge in [0.25, 0.3) is 17.7 Å². The van der Waals surface area contributed by atoms with Gasteiger partial charge >= 0.3 is 17.9 Å². The summed E-state index contributed by atoms with van der Waals surface area (Å²) in [5.74, 6) is -8.78. The first-order valence-electron chi connectivity index (χ1n) is 32.5. The second-order valence-electron chi connectivity index (χ2n) is 26.3. The molecule has 532 valence electrons. The zero-order valence-corrected chi connectivity index (χ0v) is 57.5. The molecular weight excluding hydrogens is 1350 g/mol. The van der Waals surface area contributed by atoms with E-state index in [4.69, 9.17) is 25.5 Å². The maximum Gasteiger partial charge on any atom is 0.340 e. The maximum atomic E-state index is 14.5. The minimum atomic E-state index is -1.72. The Balaban J connectivity index is 0.660. The molecule has 1 spiro atoms. The van der Waals surface area contributed by atoms with Crippen molar-refractivity contribution in [2.45, 2.75) is 63.8 Å². The van der Waals surface area contributed by atoms with Crippen LogP contribution in [0.3, 0.4) is 0 Å². The third kappa shape index (κ3) is 15.0. The summed E-state index contributed by atoms with van der Waals surface area (Å²) in [6.45, 7) is 3.50. The number of aromatic hydroxyl groups is 1. The van der Waals surface area contributed by atoms with Gasteiger partial charge in [0.05, 0.1) is 41.3 Å². The number of ether oxygens (including phenoxy) is 2. The van der Waals surface area contributed by atoms with E-state index in [2.05, 4.69) is 37.2 Å². The van der Waals surface area contributed by atoms with Crippen LogP contribution in [0.4, 0.5) is 17.1 Å². The van der Waals surface area contributed by atoms with Crippen LogP contribution >= 0.6 is 11.6 Å². The molecule has 6 aromatic carbocycles. The number of carboxylic acid groups (broad SMARTS) is 2. The second-order valence-corrected chi connectivity index (χ2v) is 26.7. The van der Waals surface area contributed by atoms with Crippen molar-refractivity contribution in [1.29, 1.82) is 0 Å². The van der Waals surface area contributed by atoms with E-state index in [1.807, 2.05) is 74.4 Å². The monoisotopic (exact) mass is 1420 g/mol. The number of esters is 1. The van der Waals surface area contributed by atoms with Crippen molar-refractivity contribution in [2.24, 2.45) is 5.41 Å². The summed E-state index contributed by atoms with van der Waals surface area (Å²) in [5, 5.41) is 48.2. The first-order chi connectivity index (χ1) is 48.9. The number of nitrogens with one attached hydrogen (secondary N) is 7. The van der Waals surface area contributed by atoms with Gasteiger partial charge in [-0.2, -0.15) is 0 Å². The molecule has 29 heteroatoms. The van der Waals surface area contributed by atoms with Gasteiger partial charge in [-0.05, 0) is 115 Å². The summed E-state index contributed by atoms with van der Waals surface area (Å²) >= 11 is 6.62. The molecule has 4 heterocycles. The minimum absolute atomic E-state index is 0.0218. The van der Waals surface area contributed by atoms with Crippen molar-refractivity contribution in [2.75, 3.05) is 76.0 Å². The molecule has 8 amide bonds. The molecule has 0 saturated carbocycles. The quantitative estimate of drug-likeness (QED) is 0.0198. The number of phenols is 1. The van der Waals surface area contributed by atoms with Gasteiger partial charge in [-0.3, -0.25) is 47.9 Å². The fourth-order valence-electron chi connectivity index (χ4n) is 12.7. The molecular formula is C74H71ClN10O18. The maximum absolute atomic E-state index is 14.5. The Morgan fingerprint density at radius 2 is 1.27 bits per heavy atom.